The van der Waals surface area contributed by atoms with Gasteiger partial charge in [-0.3, -0.25) is 0 Å². The van der Waals surface area contributed by atoms with Crippen LogP contribution in [-0.2, 0) is 21.7 Å². The molecule has 0 N–H and O–H groups in total. The van der Waals surface area contributed by atoms with E-state index in [1.54, 1.807) is 0 Å². The molecule has 0 unspecified atom stereocenters. The van der Waals surface area contributed by atoms with E-state index in [9.17, 15) is 0 Å². The number of nitrogens with zero attached hydrogens (tertiary/aromatic N) is 3. The second-order valence-corrected chi connectivity index (χ2v) is 37.0. The van der Waals surface area contributed by atoms with Crippen molar-refractivity contribution in [3.8, 4) is 101 Å². The number of para-hydroxylation sites is 3. The van der Waals surface area contributed by atoms with E-state index in [0.717, 1.165) is 129 Å². The van der Waals surface area contributed by atoms with Crippen LogP contribution in [0.3, 0.4) is 0 Å². The van der Waals surface area contributed by atoms with Gasteiger partial charge in [-0.2, -0.15) is 0 Å². The van der Waals surface area contributed by atoms with Crippen LogP contribution in [0, 0.1) is 0 Å². The zero-order chi connectivity index (χ0) is 81.5. The second-order valence-electron chi connectivity index (χ2n) is 37.0. The van der Waals surface area contributed by atoms with Crippen LogP contribution in [0.2, 0.25) is 0 Å². The molecule has 4 heterocycles. The molecule has 1 spiro atoms. The molecule has 0 radical (unpaired) electrons. The van der Waals surface area contributed by atoms with Crippen molar-refractivity contribution in [2.24, 2.45) is 0 Å². The Balaban J connectivity index is 0.838. The highest BCUT2D eigenvalue weighted by molar-refractivity contribution is 7.02. The summed E-state index contributed by atoms with van der Waals surface area (Å²) >= 11 is 0. The van der Waals surface area contributed by atoms with Crippen molar-refractivity contribution in [2.75, 3.05) is 14.7 Å². The van der Waals surface area contributed by atoms with Gasteiger partial charge in [0, 0.05) is 68.1 Å². The topological polar surface area (TPSA) is 19.0 Å². The molecule has 4 nitrogen and oxygen atoms in total. The SMILES string of the molecule is CC(C)(C)c1cc(N2c3cc4c(cc3B3c5ccccc5N(c5c(-c6ccccc6)cc(C(C)(C)C)cc5-c5ccccc5)c5cc(-c6ccccc6)cc2c53)B2c3ccccc3N(c3c(-c5ccccc5)cccc3-c3ccccc3)c3cc(-c5cccc6c5C5(c7ccccc7-c7ccccc75)c5ccccc5-6)cc(c32)O4)cc(C(C)(C)C)c1. The highest BCUT2D eigenvalue weighted by Gasteiger charge is 2.54. The Morgan fingerprint density at radius 2 is 0.603 bits per heavy atom. The molecule has 23 rings (SSSR count). The number of rotatable bonds is 9. The van der Waals surface area contributed by atoms with Crippen molar-refractivity contribution in [1.29, 1.82) is 0 Å². The highest BCUT2D eigenvalue weighted by atomic mass is 16.5. The van der Waals surface area contributed by atoms with E-state index in [1.165, 1.54) is 94.2 Å². The molecule has 0 aromatic heterocycles. The minimum Gasteiger partial charge on any atom is -0.458 e. The largest absolute Gasteiger partial charge is 0.458 e. The Bertz CT molecular complexity index is 6920. The quantitative estimate of drug-likeness (QED) is 0.134. The van der Waals surface area contributed by atoms with E-state index in [-0.39, 0.29) is 29.7 Å². The van der Waals surface area contributed by atoms with Crippen LogP contribution in [0.25, 0.3) is 89.0 Å². The lowest BCUT2D eigenvalue weighted by atomic mass is 9.30. The fraction of sp³-hybridized carbons (Fsp3) is 0.113. The lowest BCUT2D eigenvalue weighted by Gasteiger charge is -2.46. The highest BCUT2D eigenvalue weighted by Crippen LogP contribution is 2.66. The molecule has 0 saturated carbocycles. The first kappa shape index (κ1) is 72.3. The summed E-state index contributed by atoms with van der Waals surface area (Å²) < 4.78 is 8.35. The molecule has 6 heteroatoms. The number of fused-ring (bicyclic) bond motifs is 18. The third-order valence-corrected chi connectivity index (χ3v) is 26.9. The molecule has 17 aromatic carbocycles. The summed E-state index contributed by atoms with van der Waals surface area (Å²) in [5.41, 5.74) is 43.7. The number of hydrogen-bond acceptors (Lipinski definition) is 4. The fourth-order valence-corrected chi connectivity index (χ4v) is 21.3. The normalized spacial score (nSPS) is 13.9. The first-order valence-corrected chi connectivity index (χ1v) is 42.9. The first-order valence-electron chi connectivity index (χ1n) is 42.9. The van der Waals surface area contributed by atoms with Crippen LogP contribution >= 0.6 is 0 Å². The summed E-state index contributed by atoms with van der Waals surface area (Å²) in [6.45, 7) is 20.7. The van der Waals surface area contributed by atoms with E-state index < -0.39 is 5.41 Å². The van der Waals surface area contributed by atoms with Gasteiger partial charge in [0.15, 0.2) is 0 Å². The molecule has 4 aliphatic heterocycles. The molecule has 121 heavy (non-hydrogen) atoms. The lowest BCUT2D eigenvalue weighted by Crippen LogP contribution is -2.64. The van der Waals surface area contributed by atoms with E-state index >= 15 is 0 Å². The van der Waals surface area contributed by atoms with Crippen molar-refractivity contribution in [3.63, 3.8) is 0 Å². The maximum absolute atomic E-state index is 8.35. The van der Waals surface area contributed by atoms with Gasteiger partial charge in [-0.25, -0.2) is 0 Å². The zero-order valence-corrected chi connectivity index (χ0v) is 69.7. The van der Waals surface area contributed by atoms with Crippen LogP contribution in [0.4, 0.5) is 51.2 Å². The summed E-state index contributed by atoms with van der Waals surface area (Å²) in [4.78, 5) is 7.98. The van der Waals surface area contributed by atoms with Gasteiger partial charge in [-0.15, -0.1) is 0 Å². The maximum Gasteiger partial charge on any atom is 0.256 e. The van der Waals surface area contributed by atoms with E-state index in [0.29, 0.717) is 0 Å². The molecule has 0 amide bonds. The maximum atomic E-state index is 8.35. The van der Waals surface area contributed by atoms with E-state index in [1.807, 2.05) is 0 Å². The number of ether oxygens (including phenoxy) is 1. The van der Waals surface area contributed by atoms with Gasteiger partial charge in [-0.1, -0.05) is 372 Å². The smallest absolute Gasteiger partial charge is 0.256 e. The predicted molar refractivity (Wildman–Crippen MR) is 511 cm³/mol. The molecule has 576 valence electrons. The van der Waals surface area contributed by atoms with Crippen LogP contribution in [0.15, 0.2) is 376 Å². The number of hydrogen-bond donors (Lipinski definition) is 0. The monoisotopic (exact) mass is 1550 g/mol. The number of anilines is 9. The van der Waals surface area contributed by atoms with Gasteiger partial charge in [0.25, 0.3) is 13.4 Å². The minimum atomic E-state index is -0.637. The minimum absolute atomic E-state index is 0.184. The average molecular weight is 1550 g/mol. The van der Waals surface area contributed by atoms with Gasteiger partial charge in [0.05, 0.1) is 16.8 Å². The third kappa shape index (κ3) is 11.0. The van der Waals surface area contributed by atoms with Gasteiger partial charge in [0.2, 0.25) is 0 Å². The summed E-state index contributed by atoms with van der Waals surface area (Å²) in [5, 5.41) is 0. The van der Waals surface area contributed by atoms with Crippen LogP contribution in [0.5, 0.6) is 11.5 Å². The molecule has 0 saturated heterocycles. The molecule has 0 fully saturated rings. The van der Waals surface area contributed by atoms with Gasteiger partial charge in [0.1, 0.15) is 11.5 Å². The van der Waals surface area contributed by atoms with Crippen molar-refractivity contribution in [1.82, 2.24) is 0 Å². The Morgan fingerprint density at radius 1 is 0.231 bits per heavy atom. The number of benzene rings is 17. The van der Waals surface area contributed by atoms with E-state index in [4.69, 9.17) is 4.74 Å². The summed E-state index contributed by atoms with van der Waals surface area (Å²) in [7, 11) is 0. The van der Waals surface area contributed by atoms with E-state index in [2.05, 4.69) is 453 Å². The lowest BCUT2D eigenvalue weighted by molar-refractivity contribution is 0.488. The van der Waals surface area contributed by atoms with Crippen molar-refractivity contribution >= 4 is 97.4 Å². The predicted octanol–water partition coefficient (Wildman–Crippen LogP) is 26.4. The molecule has 17 aromatic rings. The van der Waals surface area contributed by atoms with Crippen LogP contribution in [-0.4, -0.2) is 13.4 Å². The second kappa shape index (κ2) is 27.0. The standard InChI is InChI=1S/C115H89B2N3O/c1-112(2,3)79-65-80(113(4,5)6)67-82(66-79)118-101-71-105-98(70-97(101)116-95-57-31-33-59-99(95)119(103-62-77(61-102(118)108(103)116)72-37-15-10-16-38-72)111-90(75-43-21-13-22-44-75)68-81(114(7,8)9)69-91(111)76-45-23-14-24-46-76)117-96-58-32-34-60-100(96)120(110-84(73-39-17-11-18-40-73)51-36-52-85(110)74-41-19-12-20-42-74)104-63-78(64-106(121-105)109(104)117)83-50-35-53-89-88-49-27-30-56-94(88)115(107(83)89)92-54-28-25-47-86(92)87-48-26-29-55-93(87)115/h10-71H,1-9H3. The Kier molecular flexibility index (Phi) is 16.2. The zero-order valence-electron chi connectivity index (χ0n) is 69.7. The van der Waals surface area contributed by atoms with Crippen LogP contribution in [0.1, 0.15) is 101 Å². The summed E-state index contributed by atoms with van der Waals surface area (Å²) in [6, 6.07) is 143. The Hall–Kier alpha value is -13.9. The van der Waals surface area contributed by atoms with Crippen molar-refractivity contribution < 1.29 is 4.74 Å². The molecule has 0 bridgehead atoms. The Labute approximate surface area is 711 Å². The fourth-order valence-electron chi connectivity index (χ4n) is 21.3. The average Bonchev–Trinajstić information content (AvgIpc) is 1.41. The summed E-state index contributed by atoms with van der Waals surface area (Å²) in [6.07, 6.45) is 0. The molecule has 6 aliphatic rings. The van der Waals surface area contributed by atoms with Gasteiger partial charge >= 0.3 is 0 Å². The van der Waals surface area contributed by atoms with Crippen molar-refractivity contribution in [2.45, 2.75) is 84.0 Å². The van der Waals surface area contributed by atoms with Crippen LogP contribution < -0.4 is 52.2 Å². The molecule has 2 aliphatic carbocycles. The summed E-state index contributed by atoms with van der Waals surface area (Å²) in [5.74, 6) is 1.66. The molecule has 0 atom stereocenters. The third-order valence-electron chi connectivity index (χ3n) is 26.9. The Morgan fingerprint density at radius 3 is 1.10 bits per heavy atom. The van der Waals surface area contributed by atoms with Crippen molar-refractivity contribution in [3.05, 3.63) is 415 Å². The first-order chi connectivity index (χ1) is 58.9. The van der Waals surface area contributed by atoms with Gasteiger partial charge < -0.3 is 19.4 Å². The molecular weight excluding hydrogens is 1460 g/mol. The molecular formula is C115H89B2N3O. The van der Waals surface area contributed by atoms with Gasteiger partial charge in [-0.05, 0) is 215 Å².